The van der Waals surface area contributed by atoms with Gasteiger partial charge in [-0.25, -0.2) is 14.6 Å². The number of carbonyl (C=O) groups is 2. The summed E-state index contributed by atoms with van der Waals surface area (Å²) < 4.78 is 4.71. The van der Waals surface area contributed by atoms with E-state index in [-0.39, 0.29) is 18.2 Å². The molecule has 1 aliphatic rings. The number of thiazole rings is 1. The molecule has 2 N–H and O–H groups in total. The number of methoxy groups -OCH3 is 1. The number of nitrogens with zero attached hydrogens (tertiary/aromatic N) is 2. The molecule has 122 valence electrons. The third-order valence-corrected chi connectivity index (χ3v) is 4.56. The van der Waals surface area contributed by atoms with E-state index in [1.807, 2.05) is 5.38 Å². The van der Waals surface area contributed by atoms with Gasteiger partial charge < -0.3 is 20.3 Å². The Morgan fingerprint density at radius 2 is 2.36 bits per heavy atom. The first-order valence-electron chi connectivity index (χ1n) is 7.43. The molecule has 3 amide bonds. The van der Waals surface area contributed by atoms with Crippen molar-refractivity contribution >= 4 is 23.5 Å². The van der Waals surface area contributed by atoms with Gasteiger partial charge in [-0.2, -0.15) is 0 Å². The monoisotopic (exact) mass is 326 g/mol. The maximum absolute atomic E-state index is 11.9. The van der Waals surface area contributed by atoms with Crippen LogP contribution in [0.25, 0.3) is 0 Å². The zero-order valence-corrected chi connectivity index (χ0v) is 13.7. The van der Waals surface area contributed by atoms with Crippen LogP contribution in [-0.2, 0) is 17.7 Å². The van der Waals surface area contributed by atoms with Crippen LogP contribution in [0.3, 0.4) is 0 Å². The first kappa shape index (κ1) is 16.5. The standard InChI is InChI=1S/C14H22N4O3S/c1-3-12-16-11(9-22-12)7-15-13(19)17-10-5-4-6-18(8-10)14(20)21-2/h9-10H,3-8H2,1-2H3,(H2,15,17,19). The number of nitrogens with one attached hydrogen (secondary N) is 2. The number of piperidine rings is 1. The van der Waals surface area contributed by atoms with Gasteiger partial charge in [-0.3, -0.25) is 0 Å². The van der Waals surface area contributed by atoms with Crippen molar-refractivity contribution in [2.75, 3.05) is 20.2 Å². The molecule has 1 unspecified atom stereocenters. The van der Waals surface area contributed by atoms with Crippen molar-refractivity contribution in [1.82, 2.24) is 20.5 Å². The van der Waals surface area contributed by atoms with E-state index in [4.69, 9.17) is 4.74 Å². The number of urea groups is 1. The van der Waals surface area contributed by atoms with Crippen LogP contribution < -0.4 is 10.6 Å². The molecule has 1 aromatic heterocycles. The van der Waals surface area contributed by atoms with E-state index in [0.717, 1.165) is 30.0 Å². The Bertz CT molecular complexity index is 520. The van der Waals surface area contributed by atoms with Crippen LogP contribution in [0.5, 0.6) is 0 Å². The Balaban J connectivity index is 1.75. The minimum absolute atomic E-state index is 0.0468. The zero-order valence-electron chi connectivity index (χ0n) is 12.9. The van der Waals surface area contributed by atoms with Crippen LogP contribution in [-0.4, -0.2) is 48.2 Å². The lowest BCUT2D eigenvalue weighted by Crippen LogP contribution is -2.51. The molecule has 7 nitrogen and oxygen atoms in total. The van der Waals surface area contributed by atoms with Crippen molar-refractivity contribution in [3.8, 4) is 0 Å². The number of hydrogen-bond donors (Lipinski definition) is 2. The summed E-state index contributed by atoms with van der Waals surface area (Å²) in [5.41, 5.74) is 0.872. The molecule has 2 rings (SSSR count). The van der Waals surface area contributed by atoms with Gasteiger partial charge in [-0.05, 0) is 19.3 Å². The lowest BCUT2D eigenvalue weighted by atomic mass is 10.1. The Morgan fingerprint density at radius 1 is 1.55 bits per heavy atom. The molecule has 8 heteroatoms. The van der Waals surface area contributed by atoms with Crippen molar-refractivity contribution in [2.45, 2.75) is 38.8 Å². The first-order valence-corrected chi connectivity index (χ1v) is 8.30. The summed E-state index contributed by atoms with van der Waals surface area (Å²) in [6.07, 6.45) is 2.27. The van der Waals surface area contributed by atoms with Gasteiger partial charge in [0.1, 0.15) is 0 Å². The summed E-state index contributed by atoms with van der Waals surface area (Å²) in [6.45, 7) is 3.62. The van der Waals surface area contributed by atoms with Gasteiger partial charge in [0.15, 0.2) is 0 Å². The quantitative estimate of drug-likeness (QED) is 0.883. The number of likely N-dealkylation sites (tertiary alicyclic amines) is 1. The zero-order chi connectivity index (χ0) is 15.9. The van der Waals surface area contributed by atoms with Crippen LogP contribution in [0.2, 0.25) is 0 Å². The Labute approximate surface area is 134 Å². The second-order valence-corrected chi connectivity index (χ2v) is 6.11. The highest BCUT2D eigenvalue weighted by Gasteiger charge is 2.25. The van der Waals surface area contributed by atoms with E-state index in [2.05, 4.69) is 22.5 Å². The molecule has 1 saturated heterocycles. The molecule has 22 heavy (non-hydrogen) atoms. The van der Waals surface area contributed by atoms with Crippen LogP contribution >= 0.6 is 11.3 Å². The summed E-state index contributed by atoms with van der Waals surface area (Å²) >= 11 is 1.60. The minimum atomic E-state index is -0.346. The summed E-state index contributed by atoms with van der Waals surface area (Å²) in [6, 6.07) is -0.280. The van der Waals surface area contributed by atoms with E-state index in [1.165, 1.54) is 7.11 Å². The minimum Gasteiger partial charge on any atom is -0.453 e. The average molecular weight is 326 g/mol. The summed E-state index contributed by atoms with van der Waals surface area (Å²) in [5, 5.41) is 8.72. The highest BCUT2D eigenvalue weighted by molar-refractivity contribution is 7.09. The lowest BCUT2D eigenvalue weighted by Gasteiger charge is -2.32. The maximum Gasteiger partial charge on any atom is 0.409 e. The van der Waals surface area contributed by atoms with Crippen molar-refractivity contribution in [3.63, 3.8) is 0 Å². The van der Waals surface area contributed by atoms with Gasteiger partial charge in [-0.1, -0.05) is 6.92 Å². The van der Waals surface area contributed by atoms with Gasteiger partial charge >= 0.3 is 12.1 Å². The van der Waals surface area contributed by atoms with E-state index >= 15 is 0 Å². The fourth-order valence-electron chi connectivity index (χ4n) is 2.39. The van der Waals surface area contributed by atoms with Crippen LogP contribution in [0.15, 0.2) is 5.38 Å². The van der Waals surface area contributed by atoms with E-state index < -0.39 is 0 Å². The molecular weight excluding hydrogens is 304 g/mol. The van der Waals surface area contributed by atoms with E-state index in [9.17, 15) is 9.59 Å². The Hall–Kier alpha value is -1.83. The summed E-state index contributed by atoms with van der Waals surface area (Å²) in [4.78, 5) is 29.4. The third-order valence-electron chi connectivity index (χ3n) is 3.52. The molecule has 1 fully saturated rings. The number of ether oxygens (including phenoxy) is 1. The molecule has 1 atom stereocenters. The first-order chi connectivity index (χ1) is 10.6. The molecule has 0 saturated carbocycles. The molecule has 0 bridgehead atoms. The third kappa shape index (κ3) is 4.59. The number of aromatic nitrogens is 1. The lowest BCUT2D eigenvalue weighted by molar-refractivity contribution is 0.108. The van der Waals surface area contributed by atoms with Crippen molar-refractivity contribution in [2.24, 2.45) is 0 Å². The second kappa shape index (κ2) is 7.98. The Morgan fingerprint density at radius 3 is 3.05 bits per heavy atom. The van der Waals surface area contributed by atoms with Crippen LogP contribution in [0.1, 0.15) is 30.5 Å². The molecule has 0 aliphatic carbocycles. The van der Waals surface area contributed by atoms with E-state index in [0.29, 0.717) is 19.6 Å². The van der Waals surface area contributed by atoms with Gasteiger partial charge in [0.25, 0.3) is 0 Å². The van der Waals surface area contributed by atoms with Gasteiger partial charge in [0.2, 0.25) is 0 Å². The molecule has 0 spiro atoms. The number of hydrogen-bond acceptors (Lipinski definition) is 5. The molecule has 1 aliphatic heterocycles. The van der Waals surface area contributed by atoms with Crippen molar-refractivity contribution < 1.29 is 14.3 Å². The average Bonchev–Trinajstić information content (AvgIpc) is 3.00. The second-order valence-electron chi connectivity index (χ2n) is 5.17. The van der Waals surface area contributed by atoms with Gasteiger partial charge in [-0.15, -0.1) is 11.3 Å². The molecular formula is C14H22N4O3S. The highest BCUT2D eigenvalue weighted by Crippen LogP contribution is 2.11. The van der Waals surface area contributed by atoms with E-state index in [1.54, 1.807) is 16.2 Å². The Kier molecular flexibility index (Phi) is 6.00. The van der Waals surface area contributed by atoms with Crippen molar-refractivity contribution in [1.29, 1.82) is 0 Å². The molecule has 0 aromatic carbocycles. The number of amides is 3. The normalized spacial score (nSPS) is 17.9. The number of carbonyl (C=O) groups excluding carboxylic acids is 2. The van der Waals surface area contributed by atoms with Gasteiger partial charge in [0, 0.05) is 24.5 Å². The maximum atomic E-state index is 11.9. The molecule has 1 aromatic rings. The topological polar surface area (TPSA) is 83.6 Å². The van der Waals surface area contributed by atoms with Gasteiger partial charge in [0.05, 0.1) is 24.4 Å². The van der Waals surface area contributed by atoms with Crippen LogP contribution in [0.4, 0.5) is 9.59 Å². The van der Waals surface area contributed by atoms with Crippen LogP contribution in [0, 0.1) is 0 Å². The van der Waals surface area contributed by atoms with Crippen molar-refractivity contribution in [3.05, 3.63) is 16.1 Å². The highest BCUT2D eigenvalue weighted by atomic mass is 32.1. The number of aryl methyl sites for hydroxylation is 1. The predicted molar refractivity (Wildman–Crippen MR) is 83.9 cm³/mol. The fourth-order valence-corrected chi connectivity index (χ4v) is 3.13. The smallest absolute Gasteiger partial charge is 0.409 e. The predicted octanol–water partition coefficient (Wildman–Crippen LogP) is 1.74. The molecule has 2 heterocycles. The fraction of sp³-hybridized carbons (Fsp3) is 0.643. The number of rotatable bonds is 4. The molecule has 0 radical (unpaired) electrons. The summed E-state index contributed by atoms with van der Waals surface area (Å²) in [5.74, 6) is 0. The largest absolute Gasteiger partial charge is 0.453 e. The summed E-state index contributed by atoms with van der Waals surface area (Å²) in [7, 11) is 1.37. The SMILES string of the molecule is CCc1nc(CNC(=O)NC2CCCN(C(=O)OC)C2)cs1.